The molecule has 0 amide bonds. The Balaban J connectivity index is 2.20. The van der Waals surface area contributed by atoms with E-state index in [0.29, 0.717) is 11.1 Å². The highest BCUT2D eigenvalue weighted by molar-refractivity contribution is 9.10. The molecule has 0 saturated heterocycles. The topological polar surface area (TPSA) is 74.7 Å². The summed E-state index contributed by atoms with van der Waals surface area (Å²) in [4.78, 5) is 11.4. The van der Waals surface area contributed by atoms with Crippen molar-refractivity contribution in [1.29, 1.82) is 0 Å². The lowest BCUT2D eigenvalue weighted by atomic mass is 10.1. The number of hydrogen-bond donors (Lipinski definition) is 1. The first-order chi connectivity index (χ1) is 11.9. The molecule has 128 valence electrons. The average molecular weight is 420 g/mol. The molecule has 0 atom stereocenters. The van der Waals surface area contributed by atoms with E-state index in [9.17, 15) is 18.3 Å². The molecular weight excluding hydrogens is 406 g/mol. The third-order valence-electron chi connectivity index (χ3n) is 3.72. The smallest absolute Gasteiger partial charge is 0.324 e. The third-order valence-corrected chi connectivity index (χ3v) is 6.02. The van der Waals surface area contributed by atoms with Crippen molar-refractivity contribution in [3.05, 3.63) is 71.2 Å². The number of nitrogens with zero attached hydrogens (tertiary/aromatic N) is 1. The van der Waals surface area contributed by atoms with Crippen molar-refractivity contribution in [3.63, 3.8) is 0 Å². The van der Waals surface area contributed by atoms with Gasteiger partial charge in [0.25, 0.3) is 10.0 Å². The van der Waals surface area contributed by atoms with Crippen LogP contribution in [0.3, 0.4) is 0 Å². The van der Waals surface area contributed by atoms with E-state index in [1.54, 1.807) is 36.4 Å². The van der Waals surface area contributed by atoms with Gasteiger partial charge in [-0.3, -0.25) is 9.10 Å². The van der Waals surface area contributed by atoms with Gasteiger partial charge in [0.15, 0.2) is 0 Å². The van der Waals surface area contributed by atoms with E-state index in [4.69, 9.17) is 0 Å². The summed E-state index contributed by atoms with van der Waals surface area (Å²) in [6, 6.07) is 18.5. The predicted octanol–water partition coefficient (Wildman–Crippen LogP) is 3.88. The van der Waals surface area contributed by atoms with Crippen LogP contribution in [0.15, 0.2) is 76.1 Å². The molecule has 0 aromatic heterocycles. The van der Waals surface area contributed by atoms with E-state index >= 15 is 0 Å². The monoisotopic (exact) mass is 419 g/mol. The second-order valence-electron chi connectivity index (χ2n) is 5.36. The Morgan fingerprint density at radius 3 is 2.28 bits per heavy atom. The first-order valence-corrected chi connectivity index (χ1v) is 9.61. The molecule has 1 N–H and O–H groups in total. The van der Waals surface area contributed by atoms with Crippen molar-refractivity contribution in [1.82, 2.24) is 0 Å². The van der Waals surface area contributed by atoms with Gasteiger partial charge in [-0.25, -0.2) is 8.42 Å². The summed E-state index contributed by atoms with van der Waals surface area (Å²) in [6.45, 7) is -0.660. The molecule has 0 bridgehead atoms. The summed E-state index contributed by atoms with van der Waals surface area (Å²) >= 11 is 3.26. The third kappa shape index (κ3) is 3.52. The molecule has 0 aliphatic heterocycles. The minimum absolute atomic E-state index is 0.0323. The summed E-state index contributed by atoms with van der Waals surface area (Å²) in [7, 11) is -4.03. The number of fused-ring (bicyclic) bond motifs is 1. The molecule has 25 heavy (non-hydrogen) atoms. The number of carboxylic acid groups (broad SMARTS) is 1. The Labute approximate surface area is 153 Å². The van der Waals surface area contributed by atoms with Crippen LogP contribution in [0.2, 0.25) is 0 Å². The maximum absolute atomic E-state index is 13.1. The second kappa shape index (κ2) is 6.85. The maximum atomic E-state index is 13.1. The molecule has 3 aromatic carbocycles. The van der Waals surface area contributed by atoms with Crippen molar-refractivity contribution >= 4 is 48.4 Å². The predicted molar refractivity (Wildman–Crippen MR) is 100 cm³/mol. The molecule has 3 rings (SSSR count). The fourth-order valence-corrected chi connectivity index (χ4v) is 4.28. The number of benzene rings is 3. The molecule has 5 nitrogen and oxygen atoms in total. The van der Waals surface area contributed by atoms with E-state index in [1.165, 1.54) is 12.1 Å². The summed E-state index contributed by atoms with van der Waals surface area (Å²) in [5.41, 5.74) is 0.336. The zero-order valence-corrected chi connectivity index (χ0v) is 15.4. The van der Waals surface area contributed by atoms with Gasteiger partial charge in [-0.15, -0.1) is 0 Å². The number of hydrogen-bond acceptors (Lipinski definition) is 3. The molecule has 0 aliphatic carbocycles. The number of sulfonamides is 1. The number of rotatable bonds is 5. The Bertz CT molecular complexity index is 1030. The zero-order valence-electron chi connectivity index (χ0n) is 13.0. The highest BCUT2D eigenvalue weighted by atomic mass is 79.9. The van der Waals surface area contributed by atoms with Crippen molar-refractivity contribution in [2.75, 3.05) is 10.8 Å². The minimum atomic E-state index is -4.03. The molecule has 0 aliphatic rings. The fraction of sp³-hybridized carbons (Fsp3) is 0.0556. The zero-order chi connectivity index (χ0) is 18.0. The lowest BCUT2D eigenvalue weighted by molar-refractivity contribution is -0.135. The molecule has 0 heterocycles. The van der Waals surface area contributed by atoms with Gasteiger partial charge in [-0.1, -0.05) is 52.3 Å². The molecule has 0 saturated carbocycles. The van der Waals surface area contributed by atoms with E-state index in [2.05, 4.69) is 15.9 Å². The fourth-order valence-electron chi connectivity index (χ4n) is 2.58. The van der Waals surface area contributed by atoms with Gasteiger partial charge in [0, 0.05) is 9.86 Å². The molecule has 7 heteroatoms. The van der Waals surface area contributed by atoms with E-state index in [-0.39, 0.29) is 4.90 Å². The van der Waals surface area contributed by atoms with Crippen molar-refractivity contribution in [2.45, 2.75) is 4.90 Å². The first-order valence-electron chi connectivity index (χ1n) is 7.37. The van der Waals surface area contributed by atoms with Gasteiger partial charge in [0.2, 0.25) is 0 Å². The van der Waals surface area contributed by atoms with Crippen LogP contribution in [0.1, 0.15) is 0 Å². The molecule has 0 unspecified atom stereocenters. The van der Waals surface area contributed by atoms with Crippen molar-refractivity contribution < 1.29 is 18.3 Å². The maximum Gasteiger partial charge on any atom is 0.324 e. The lowest BCUT2D eigenvalue weighted by Gasteiger charge is -2.24. The van der Waals surface area contributed by atoms with Crippen molar-refractivity contribution in [2.24, 2.45) is 0 Å². The standard InChI is InChI=1S/C18H14BrNO4S/c19-14-8-10-15(11-9-14)25(23,24)20(12-18(21)22)17-7-3-5-13-4-1-2-6-16(13)17/h1-11H,12H2,(H,21,22). The summed E-state index contributed by atoms with van der Waals surface area (Å²) in [6.07, 6.45) is 0. The van der Waals surface area contributed by atoms with Crippen LogP contribution >= 0.6 is 15.9 Å². The highest BCUT2D eigenvalue weighted by Gasteiger charge is 2.28. The number of carbonyl (C=O) groups is 1. The lowest BCUT2D eigenvalue weighted by Crippen LogP contribution is -2.35. The highest BCUT2D eigenvalue weighted by Crippen LogP contribution is 2.31. The van der Waals surface area contributed by atoms with Gasteiger partial charge in [0.05, 0.1) is 10.6 Å². The second-order valence-corrected chi connectivity index (χ2v) is 8.14. The summed E-state index contributed by atoms with van der Waals surface area (Å²) in [5, 5.41) is 10.8. The van der Waals surface area contributed by atoms with Gasteiger partial charge in [0.1, 0.15) is 6.54 Å². The molecule has 0 fully saturated rings. The van der Waals surface area contributed by atoms with Crippen molar-refractivity contribution in [3.8, 4) is 0 Å². The van der Waals surface area contributed by atoms with Crippen LogP contribution in [-0.4, -0.2) is 26.0 Å². The van der Waals surface area contributed by atoms with E-state index in [1.807, 2.05) is 18.2 Å². The molecule has 0 radical (unpaired) electrons. The Morgan fingerprint density at radius 1 is 0.960 bits per heavy atom. The minimum Gasteiger partial charge on any atom is -0.480 e. The van der Waals surface area contributed by atoms with Gasteiger partial charge in [-0.2, -0.15) is 0 Å². The number of aliphatic carboxylic acids is 1. The van der Waals surface area contributed by atoms with Crippen LogP contribution in [0, 0.1) is 0 Å². The van der Waals surface area contributed by atoms with Gasteiger partial charge in [-0.05, 0) is 35.7 Å². The summed E-state index contributed by atoms with van der Waals surface area (Å²) < 4.78 is 27.8. The van der Waals surface area contributed by atoms with Crippen LogP contribution in [0.4, 0.5) is 5.69 Å². The molecule has 3 aromatic rings. The Morgan fingerprint density at radius 2 is 1.60 bits per heavy atom. The van der Waals surface area contributed by atoms with E-state index < -0.39 is 22.5 Å². The normalized spacial score (nSPS) is 11.4. The molecule has 0 spiro atoms. The number of anilines is 1. The summed E-state index contributed by atoms with van der Waals surface area (Å²) in [5.74, 6) is -1.23. The van der Waals surface area contributed by atoms with Crippen LogP contribution < -0.4 is 4.31 Å². The quantitative estimate of drug-likeness (QED) is 0.680. The van der Waals surface area contributed by atoms with Gasteiger partial charge < -0.3 is 5.11 Å². The van der Waals surface area contributed by atoms with Crippen LogP contribution in [-0.2, 0) is 14.8 Å². The average Bonchev–Trinajstić information content (AvgIpc) is 2.59. The Hall–Kier alpha value is -2.38. The van der Waals surface area contributed by atoms with Crippen LogP contribution in [0.5, 0.6) is 0 Å². The number of carboxylic acids is 1. The first kappa shape index (κ1) is 17.4. The molecular formula is C18H14BrNO4S. The number of halogens is 1. The van der Waals surface area contributed by atoms with E-state index in [0.717, 1.165) is 14.2 Å². The van der Waals surface area contributed by atoms with Crippen LogP contribution in [0.25, 0.3) is 10.8 Å². The Kier molecular flexibility index (Phi) is 4.78. The largest absolute Gasteiger partial charge is 0.480 e. The van der Waals surface area contributed by atoms with Gasteiger partial charge >= 0.3 is 5.97 Å². The SMILES string of the molecule is O=C(O)CN(c1cccc2ccccc12)S(=O)(=O)c1ccc(Br)cc1.